The Bertz CT molecular complexity index is 971. The minimum atomic E-state index is -0.666. The molecule has 0 heterocycles. The maximum atomic E-state index is 13.0. The number of fused-ring (bicyclic) bond motifs is 2. The van der Waals surface area contributed by atoms with Crippen LogP contribution >= 0.6 is 0 Å². The molecule has 0 bridgehead atoms. The molecule has 7 heteroatoms. The largest absolute Gasteiger partial charge is 0.425 e. The van der Waals surface area contributed by atoms with Crippen molar-refractivity contribution >= 4 is 23.4 Å². The molecule has 1 aromatic rings. The number of likely N-dealkylation sites (N-methyl/N-ethyl adjacent to an activating group) is 1. The second-order valence-corrected chi connectivity index (χ2v) is 10.2. The summed E-state index contributed by atoms with van der Waals surface area (Å²) in [4.78, 5) is 38.1. The molecule has 0 unspecified atom stereocenters. The topological polar surface area (TPSA) is 87.7 Å². The quantitative estimate of drug-likeness (QED) is 0.254. The fourth-order valence-electron chi connectivity index (χ4n) is 5.43. The van der Waals surface area contributed by atoms with Gasteiger partial charge in [-0.05, 0) is 92.9 Å². The highest BCUT2D eigenvalue weighted by Crippen LogP contribution is 2.42. The van der Waals surface area contributed by atoms with Crippen molar-refractivity contribution in [3.63, 3.8) is 0 Å². The van der Waals surface area contributed by atoms with Crippen LogP contribution in [0, 0.1) is 0 Å². The van der Waals surface area contributed by atoms with Gasteiger partial charge in [0.1, 0.15) is 11.8 Å². The molecule has 0 saturated heterocycles. The summed E-state index contributed by atoms with van der Waals surface area (Å²) >= 11 is 0. The summed E-state index contributed by atoms with van der Waals surface area (Å²) in [7, 11) is 2.20. The lowest BCUT2D eigenvalue weighted by Crippen LogP contribution is -2.42. The Kier molecular flexibility index (Phi) is 10.5. The second kappa shape index (κ2) is 13.6. The maximum absolute atomic E-state index is 13.0. The van der Waals surface area contributed by atoms with Gasteiger partial charge >= 0.3 is 5.97 Å². The lowest BCUT2D eigenvalue weighted by molar-refractivity contribution is -0.139. The summed E-state index contributed by atoms with van der Waals surface area (Å²) in [6.07, 6.45) is 9.75. The Morgan fingerprint density at radius 1 is 1.06 bits per heavy atom. The third-order valence-corrected chi connectivity index (χ3v) is 7.44. The first-order valence-electron chi connectivity index (χ1n) is 13.6. The van der Waals surface area contributed by atoms with Gasteiger partial charge in [0, 0.05) is 26.4 Å². The number of rotatable bonds is 12. The van der Waals surface area contributed by atoms with E-state index in [0.717, 1.165) is 51.5 Å². The zero-order chi connectivity index (χ0) is 26.1. The molecule has 0 aromatic heterocycles. The van der Waals surface area contributed by atoms with Gasteiger partial charge in [-0.3, -0.25) is 14.5 Å². The summed E-state index contributed by atoms with van der Waals surface area (Å²) in [6.45, 7) is 6.83. The lowest BCUT2D eigenvalue weighted by atomic mass is 9.75. The number of esters is 1. The van der Waals surface area contributed by atoms with Crippen molar-refractivity contribution < 1.29 is 19.1 Å². The van der Waals surface area contributed by atoms with E-state index in [0.29, 0.717) is 24.8 Å². The number of hydrogen-bond acceptors (Lipinski definition) is 5. The number of nitrogens with zero attached hydrogens (tertiary/aromatic N) is 1. The smallest absolute Gasteiger partial charge is 0.334 e. The molecule has 0 spiro atoms. The van der Waals surface area contributed by atoms with Crippen LogP contribution in [0.2, 0.25) is 0 Å². The average molecular weight is 498 g/mol. The highest BCUT2D eigenvalue weighted by atomic mass is 16.5. The minimum Gasteiger partial charge on any atom is -0.425 e. The van der Waals surface area contributed by atoms with E-state index >= 15 is 0 Å². The van der Waals surface area contributed by atoms with E-state index in [4.69, 9.17) is 4.74 Å². The van der Waals surface area contributed by atoms with E-state index in [1.165, 1.54) is 43.4 Å². The molecular formula is C29H43N3O4. The molecule has 2 N–H and O–H groups in total. The zero-order valence-corrected chi connectivity index (χ0v) is 22.5. The number of unbranched alkanes of at least 4 members (excludes halogenated alkanes) is 3. The van der Waals surface area contributed by atoms with Crippen molar-refractivity contribution in [3.8, 4) is 5.75 Å². The van der Waals surface area contributed by atoms with Crippen LogP contribution in [-0.2, 0) is 20.8 Å². The van der Waals surface area contributed by atoms with E-state index in [1.807, 2.05) is 12.1 Å². The number of ether oxygens (including phenoxy) is 1. The van der Waals surface area contributed by atoms with Crippen molar-refractivity contribution in [2.45, 2.75) is 97.1 Å². The van der Waals surface area contributed by atoms with Gasteiger partial charge in [0.15, 0.2) is 0 Å². The molecule has 36 heavy (non-hydrogen) atoms. The van der Waals surface area contributed by atoms with Gasteiger partial charge in [0.25, 0.3) is 0 Å². The molecule has 2 aliphatic carbocycles. The summed E-state index contributed by atoms with van der Waals surface area (Å²) in [6, 6.07) is 5.81. The first kappa shape index (κ1) is 27.9. The third kappa shape index (κ3) is 7.66. The summed E-state index contributed by atoms with van der Waals surface area (Å²) in [5.74, 6) is -0.129. The molecule has 198 valence electrons. The van der Waals surface area contributed by atoms with Gasteiger partial charge in [-0.1, -0.05) is 32.3 Å². The maximum Gasteiger partial charge on any atom is 0.334 e. The van der Waals surface area contributed by atoms with E-state index in [2.05, 4.69) is 35.6 Å². The van der Waals surface area contributed by atoms with Crippen LogP contribution < -0.4 is 15.4 Å². The fourth-order valence-corrected chi connectivity index (χ4v) is 5.43. The van der Waals surface area contributed by atoms with Crippen LogP contribution in [0.4, 0.5) is 0 Å². The summed E-state index contributed by atoms with van der Waals surface area (Å²) < 4.78 is 5.81. The Morgan fingerprint density at radius 3 is 2.53 bits per heavy atom. The van der Waals surface area contributed by atoms with E-state index in [1.54, 1.807) is 5.57 Å². The predicted octanol–water partition coefficient (Wildman–Crippen LogP) is 4.39. The van der Waals surface area contributed by atoms with Crippen molar-refractivity contribution in [3.05, 3.63) is 34.9 Å². The molecule has 0 aliphatic heterocycles. The average Bonchev–Trinajstić information content (AvgIpc) is 2.86. The summed E-state index contributed by atoms with van der Waals surface area (Å²) in [5.41, 5.74) is 5.53. The van der Waals surface area contributed by atoms with E-state index in [-0.39, 0.29) is 11.8 Å². The molecule has 0 fully saturated rings. The van der Waals surface area contributed by atoms with Crippen molar-refractivity contribution in [1.29, 1.82) is 0 Å². The highest BCUT2D eigenvalue weighted by Gasteiger charge is 2.31. The van der Waals surface area contributed by atoms with Crippen LogP contribution in [-0.4, -0.2) is 54.9 Å². The van der Waals surface area contributed by atoms with E-state index in [9.17, 15) is 14.4 Å². The molecule has 2 atom stereocenters. The van der Waals surface area contributed by atoms with Crippen molar-refractivity contribution in [1.82, 2.24) is 15.5 Å². The first-order valence-corrected chi connectivity index (χ1v) is 13.6. The number of carbonyl (C=O) groups is 3. The lowest BCUT2D eigenvalue weighted by Gasteiger charge is -2.38. The molecule has 7 nitrogen and oxygen atoms in total. The van der Waals surface area contributed by atoms with Crippen LogP contribution in [0.5, 0.6) is 5.75 Å². The summed E-state index contributed by atoms with van der Waals surface area (Å²) in [5, 5.41) is 5.55. The van der Waals surface area contributed by atoms with Gasteiger partial charge in [0.2, 0.25) is 11.8 Å². The number of carbonyl (C=O) groups excluding carboxylic acids is 3. The molecule has 2 aliphatic rings. The van der Waals surface area contributed by atoms with Crippen LogP contribution in [0.25, 0.3) is 5.57 Å². The van der Waals surface area contributed by atoms with Gasteiger partial charge in [-0.2, -0.15) is 0 Å². The van der Waals surface area contributed by atoms with Crippen LogP contribution in [0.3, 0.4) is 0 Å². The number of nitrogens with one attached hydrogen (secondary N) is 2. The fraction of sp³-hybridized carbons (Fsp3) is 0.621. The van der Waals surface area contributed by atoms with Gasteiger partial charge in [-0.25, -0.2) is 4.79 Å². The monoisotopic (exact) mass is 497 g/mol. The minimum absolute atomic E-state index is 0.0187. The molecule has 0 radical (unpaired) electrons. The Labute approximate surface area is 216 Å². The SMILES string of the molecule is CCN(C)[C@H]1Cc2ccc(OC(=O)[C@H](CCCCCCNC(C)=O)NC(C)=O)cc2C2=C1CCCC2. The standard InChI is InChI=1S/C29H43N3O4/c1-5-32(4)28-18-22-15-16-23(19-26(22)24-12-9-10-13-25(24)28)36-29(35)27(31-21(3)34)14-8-6-7-11-17-30-20(2)33/h15-16,19,27-28H,5-14,17-18H2,1-4H3,(H,30,33)(H,31,34)/t27-,28-/m0/s1. The molecular weight excluding hydrogens is 454 g/mol. The van der Waals surface area contributed by atoms with Crippen LogP contribution in [0.1, 0.15) is 89.7 Å². The van der Waals surface area contributed by atoms with Crippen LogP contribution in [0.15, 0.2) is 23.8 Å². The molecule has 2 amide bonds. The van der Waals surface area contributed by atoms with Gasteiger partial charge in [-0.15, -0.1) is 0 Å². The molecule has 1 aromatic carbocycles. The molecule has 0 saturated carbocycles. The predicted molar refractivity (Wildman–Crippen MR) is 143 cm³/mol. The number of allylic oxidation sites excluding steroid dienone is 1. The molecule has 3 rings (SSSR count). The Hall–Kier alpha value is -2.67. The number of amides is 2. The van der Waals surface area contributed by atoms with E-state index < -0.39 is 12.0 Å². The number of hydrogen-bond donors (Lipinski definition) is 2. The van der Waals surface area contributed by atoms with Crippen molar-refractivity contribution in [2.75, 3.05) is 20.1 Å². The Morgan fingerprint density at radius 2 is 1.81 bits per heavy atom. The highest BCUT2D eigenvalue weighted by molar-refractivity contribution is 5.85. The van der Waals surface area contributed by atoms with Crippen molar-refractivity contribution in [2.24, 2.45) is 0 Å². The zero-order valence-electron chi connectivity index (χ0n) is 22.5. The van der Waals surface area contributed by atoms with Gasteiger partial charge in [0.05, 0.1) is 0 Å². The third-order valence-electron chi connectivity index (χ3n) is 7.44. The van der Waals surface area contributed by atoms with Gasteiger partial charge < -0.3 is 15.4 Å². The second-order valence-electron chi connectivity index (χ2n) is 10.2. The Balaban J connectivity index is 1.64. The number of benzene rings is 1. The normalized spacial score (nSPS) is 17.8. The first-order chi connectivity index (χ1) is 17.3.